The van der Waals surface area contributed by atoms with Crippen LogP contribution < -0.4 is 0 Å². The van der Waals surface area contributed by atoms with Crippen molar-refractivity contribution in [3.8, 4) is 0 Å². The highest BCUT2D eigenvalue weighted by molar-refractivity contribution is 7.93. The van der Waals surface area contributed by atoms with E-state index in [9.17, 15) is 8.42 Å². The largest absolute Gasteiger partial charge is 0.233 e. The number of aryl methyl sites for hydroxylation is 2. The van der Waals surface area contributed by atoms with Gasteiger partial charge in [-0.25, -0.2) is 13.4 Å². The second-order valence-corrected chi connectivity index (χ2v) is 7.93. The van der Waals surface area contributed by atoms with E-state index in [-0.39, 0.29) is 4.34 Å². The van der Waals surface area contributed by atoms with Crippen molar-refractivity contribution in [2.24, 2.45) is 0 Å². The molecule has 0 N–H and O–H groups in total. The Morgan fingerprint density at radius 1 is 1.00 bits per heavy atom. The first-order valence-electron chi connectivity index (χ1n) is 6.16. The van der Waals surface area contributed by atoms with Gasteiger partial charge in [0, 0.05) is 0 Å². The van der Waals surface area contributed by atoms with E-state index in [1.165, 1.54) is 11.3 Å². The van der Waals surface area contributed by atoms with E-state index in [0.29, 0.717) is 4.90 Å². The zero-order chi connectivity index (χ0) is 14.3. The van der Waals surface area contributed by atoms with Crippen LogP contribution in [0.3, 0.4) is 0 Å². The summed E-state index contributed by atoms with van der Waals surface area (Å²) in [6, 6.07) is 12.8. The lowest BCUT2D eigenvalue weighted by Gasteiger charge is -2.04. The van der Waals surface area contributed by atoms with Crippen LogP contribution in [0.15, 0.2) is 51.7 Å². The maximum atomic E-state index is 12.7. The Kier molecular flexibility index (Phi) is 3.11. The molecule has 0 saturated carbocycles. The van der Waals surface area contributed by atoms with Crippen LogP contribution in [0.2, 0.25) is 0 Å². The number of hydrogen-bond donors (Lipinski definition) is 0. The molecule has 2 aromatic carbocycles. The van der Waals surface area contributed by atoms with E-state index in [2.05, 4.69) is 4.98 Å². The quantitative estimate of drug-likeness (QED) is 0.724. The van der Waals surface area contributed by atoms with Gasteiger partial charge in [0.2, 0.25) is 14.2 Å². The first kappa shape index (κ1) is 13.3. The molecule has 0 amide bonds. The first-order chi connectivity index (χ1) is 9.46. The molecule has 3 aromatic rings. The van der Waals surface area contributed by atoms with E-state index >= 15 is 0 Å². The highest BCUT2D eigenvalue weighted by Crippen LogP contribution is 2.30. The maximum absolute atomic E-state index is 12.7. The normalized spacial score (nSPS) is 11.9. The molecule has 3 rings (SSSR count). The van der Waals surface area contributed by atoms with E-state index in [4.69, 9.17) is 0 Å². The Bertz CT molecular complexity index is 842. The zero-order valence-corrected chi connectivity index (χ0v) is 12.8. The predicted octanol–water partition coefficient (Wildman–Crippen LogP) is 3.75. The fourth-order valence-corrected chi connectivity index (χ4v) is 4.95. The van der Waals surface area contributed by atoms with Gasteiger partial charge < -0.3 is 0 Å². The zero-order valence-electron chi connectivity index (χ0n) is 11.1. The molecule has 20 heavy (non-hydrogen) atoms. The Morgan fingerprint density at radius 3 is 2.30 bits per heavy atom. The number of nitrogens with zero attached hydrogens (tertiary/aromatic N) is 1. The second kappa shape index (κ2) is 4.68. The smallest absolute Gasteiger partial charge is 0.225 e. The molecule has 1 aromatic heterocycles. The summed E-state index contributed by atoms with van der Waals surface area (Å²) >= 11 is 1.21. The van der Waals surface area contributed by atoms with Gasteiger partial charge in [0.15, 0.2) is 0 Å². The molecule has 0 spiro atoms. The Balaban J connectivity index is 2.20. The Morgan fingerprint density at radius 2 is 1.65 bits per heavy atom. The van der Waals surface area contributed by atoms with Crippen molar-refractivity contribution in [3.05, 3.63) is 53.6 Å². The van der Waals surface area contributed by atoms with Gasteiger partial charge >= 0.3 is 0 Å². The highest BCUT2D eigenvalue weighted by atomic mass is 32.2. The summed E-state index contributed by atoms with van der Waals surface area (Å²) < 4.78 is 26.4. The average Bonchev–Trinajstić information content (AvgIpc) is 2.82. The van der Waals surface area contributed by atoms with E-state index in [1.807, 2.05) is 44.2 Å². The summed E-state index contributed by atoms with van der Waals surface area (Å²) in [5, 5.41) is 0. The van der Waals surface area contributed by atoms with Crippen LogP contribution in [0.4, 0.5) is 0 Å². The average molecular weight is 303 g/mol. The van der Waals surface area contributed by atoms with E-state index < -0.39 is 9.84 Å². The van der Waals surface area contributed by atoms with Crippen molar-refractivity contribution >= 4 is 31.4 Å². The first-order valence-corrected chi connectivity index (χ1v) is 8.46. The number of fused-ring (bicyclic) bond motifs is 1. The molecule has 3 nitrogen and oxygen atoms in total. The van der Waals surface area contributed by atoms with Gasteiger partial charge in [-0.3, -0.25) is 0 Å². The molecule has 0 atom stereocenters. The topological polar surface area (TPSA) is 47.0 Å². The molecule has 0 aliphatic carbocycles. The van der Waals surface area contributed by atoms with Crippen LogP contribution >= 0.6 is 11.3 Å². The molecular formula is C15H13NO2S2. The van der Waals surface area contributed by atoms with Crippen molar-refractivity contribution < 1.29 is 8.42 Å². The van der Waals surface area contributed by atoms with Gasteiger partial charge in [0.05, 0.1) is 15.1 Å². The summed E-state index contributed by atoms with van der Waals surface area (Å²) in [6.07, 6.45) is 0. The summed E-state index contributed by atoms with van der Waals surface area (Å²) in [6.45, 7) is 3.79. The lowest BCUT2D eigenvalue weighted by atomic mass is 10.2. The monoisotopic (exact) mass is 303 g/mol. The molecule has 0 unspecified atom stereocenters. The summed E-state index contributed by atoms with van der Waals surface area (Å²) in [5.74, 6) is 0. The van der Waals surface area contributed by atoms with Gasteiger partial charge in [-0.05, 0) is 49.2 Å². The molecule has 1 heterocycles. The third-order valence-electron chi connectivity index (χ3n) is 3.01. The molecule has 0 aliphatic heterocycles. The van der Waals surface area contributed by atoms with Gasteiger partial charge in [-0.2, -0.15) is 0 Å². The minimum absolute atomic E-state index is 0.156. The van der Waals surface area contributed by atoms with Crippen molar-refractivity contribution in [3.63, 3.8) is 0 Å². The van der Waals surface area contributed by atoms with Gasteiger partial charge in [-0.15, -0.1) is 11.3 Å². The molecule has 0 radical (unpaired) electrons. The van der Waals surface area contributed by atoms with E-state index in [0.717, 1.165) is 21.3 Å². The van der Waals surface area contributed by atoms with E-state index in [1.54, 1.807) is 12.1 Å². The SMILES string of the molecule is Cc1cc(C)cc(S(=O)(=O)c2nc3ccccc3s2)c1. The molecular weight excluding hydrogens is 290 g/mol. The van der Waals surface area contributed by atoms with Crippen molar-refractivity contribution in [2.75, 3.05) is 0 Å². The summed E-state index contributed by atoms with van der Waals surface area (Å²) in [4.78, 5) is 4.56. The number of aromatic nitrogens is 1. The van der Waals surface area contributed by atoms with Gasteiger partial charge in [0.25, 0.3) is 0 Å². The third-order valence-corrected chi connectivity index (χ3v) is 6.16. The second-order valence-electron chi connectivity index (χ2n) is 4.77. The molecule has 102 valence electrons. The number of rotatable bonds is 2. The fourth-order valence-electron chi connectivity index (χ4n) is 2.15. The molecule has 0 fully saturated rings. The number of benzene rings is 2. The lowest BCUT2D eigenvalue weighted by Crippen LogP contribution is -2.02. The summed E-state index contributed by atoms with van der Waals surface area (Å²) in [7, 11) is -3.54. The van der Waals surface area contributed by atoms with Crippen LogP contribution in [0.5, 0.6) is 0 Å². The molecule has 0 aliphatic rings. The maximum Gasteiger partial charge on any atom is 0.233 e. The third kappa shape index (κ3) is 2.23. The number of sulfone groups is 1. The van der Waals surface area contributed by atoms with Crippen LogP contribution in [0.1, 0.15) is 11.1 Å². The molecule has 0 bridgehead atoms. The highest BCUT2D eigenvalue weighted by Gasteiger charge is 2.22. The minimum atomic E-state index is -3.54. The van der Waals surface area contributed by atoms with Crippen molar-refractivity contribution in [1.29, 1.82) is 0 Å². The Hall–Kier alpha value is -1.72. The minimum Gasteiger partial charge on any atom is -0.225 e. The molecule has 5 heteroatoms. The Labute approximate surface area is 121 Å². The fraction of sp³-hybridized carbons (Fsp3) is 0.133. The predicted molar refractivity (Wildman–Crippen MR) is 81.0 cm³/mol. The number of para-hydroxylation sites is 1. The van der Waals surface area contributed by atoms with Crippen molar-refractivity contribution in [2.45, 2.75) is 23.1 Å². The molecule has 0 saturated heterocycles. The van der Waals surface area contributed by atoms with Crippen molar-refractivity contribution in [1.82, 2.24) is 4.98 Å². The summed E-state index contributed by atoms with van der Waals surface area (Å²) in [5.41, 5.74) is 2.59. The standard InChI is InChI=1S/C15H13NO2S2/c1-10-7-11(2)9-12(8-10)20(17,18)15-16-13-5-3-4-6-14(13)19-15/h3-9H,1-2H3. The number of thiazole rings is 1. The number of hydrogen-bond acceptors (Lipinski definition) is 4. The van der Waals surface area contributed by atoms with Crippen LogP contribution in [0, 0.1) is 13.8 Å². The van der Waals surface area contributed by atoms with Crippen LogP contribution in [-0.4, -0.2) is 13.4 Å². The van der Waals surface area contributed by atoms with Gasteiger partial charge in [0.1, 0.15) is 0 Å². The van der Waals surface area contributed by atoms with Crippen LogP contribution in [-0.2, 0) is 9.84 Å². The van der Waals surface area contributed by atoms with Gasteiger partial charge in [-0.1, -0.05) is 18.2 Å². The van der Waals surface area contributed by atoms with Crippen LogP contribution in [0.25, 0.3) is 10.2 Å². The lowest BCUT2D eigenvalue weighted by molar-refractivity contribution is 0.595.